The topological polar surface area (TPSA) is 55.1 Å². The molecule has 1 heterocycles. The lowest BCUT2D eigenvalue weighted by Gasteiger charge is -2.04. The van der Waals surface area contributed by atoms with Crippen LogP contribution in [0.2, 0.25) is 0 Å². The van der Waals surface area contributed by atoms with Gasteiger partial charge in [-0.1, -0.05) is 5.16 Å². The fourth-order valence-corrected chi connectivity index (χ4v) is 1.53. The standard InChI is InChI=1S/C12H11FN2O2/c1-7-11(8(2)17-15-7)12(16)14-10-5-3-9(13)4-6-10/h3-6H,1-2H3,(H,14,16). The van der Waals surface area contributed by atoms with Crippen molar-refractivity contribution in [2.75, 3.05) is 5.32 Å². The van der Waals surface area contributed by atoms with Crippen LogP contribution < -0.4 is 5.32 Å². The molecule has 2 rings (SSSR count). The molecule has 0 spiro atoms. The van der Waals surface area contributed by atoms with Crippen LogP contribution in [0.15, 0.2) is 28.8 Å². The van der Waals surface area contributed by atoms with Gasteiger partial charge in [-0.25, -0.2) is 4.39 Å². The Balaban J connectivity index is 2.20. The van der Waals surface area contributed by atoms with Crippen molar-refractivity contribution in [2.24, 2.45) is 0 Å². The second kappa shape index (κ2) is 4.37. The van der Waals surface area contributed by atoms with E-state index in [4.69, 9.17) is 4.52 Å². The van der Waals surface area contributed by atoms with Gasteiger partial charge in [0.15, 0.2) is 0 Å². The van der Waals surface area contributed by atoms with E-state index in [0.29, 0.717) is 22.7 Å². The molecule has 0 radical (unpaired) electrons. The second-order valence-corrected chi connectivity index (χ2v) is 3.66. The molecular formula is C12H11FN2O2. The van der Waals surface area contributed by atoms with E-state index in [1.54, 1.807) is 13.8 Å². The first kappa shape index (κ1) is 11.3. The lowest BCUT2D eigenvalue weighted by molar-refractivity contribution is 0.102. The van der Waals surface area contributed by atoms with Gasteiger partial charge >= 0.3 is 0 Å². The van der Waals surface area contributed by atoms with Crippen molar-refractivity contribution in [1.82, 2.24) is 5.16 Å². The van der Waals surface area contributed by atoms with Crippen LogP contribution in [0.5, 0.6) is 0 Å². The molecule has 88 valence electrons. The van der Waals surface area contributed by atoms with Crippen molar-refractivity contribution >= 4 is 11.6 Å². The molecule has 0 atom stereocenters. The van der Waals surface area contributed by atoms with Crippen molar-refractivity contribution in [1.29, 1.82) is 0 Å². The number of hydrogen-bond acceptors (Lipinski definition) is 3. The summed E-state index contributed by atoms with van der Waals surface area (Å²) in [5, 5.41) is 6.34. The van der Waals surface area contributed by atoms with E-state index in [-0.39, 0.29) is 11.7 Å². The van der Waals surface area contributed by atoms with Gasteiger partial charge in [-0.2, -0.15) is 0 Å². The molecule has 0 saturated heterocycles. The zero-order chi connectivity index (χ0) is 12.4. The summed E-state index contributed by atoms with van der Waals surface area (Å²) in [6, 6.07) is 5.54. The van der Waals surface area contributed by atoms with Crippen molar-refractivity contribution in [3.8, 4) is 0 Å². The fourth-order valence-electron chi connectivity index (χ4n) is 1.53. The first-order valence-electron chi connectivity index (χ1n) is 5.07. The third-order valence-electron chi connectivity index (χ3n) is 2.36. The number of amides is 1. The summed E-state index contributed by atoms with van der Waals surface area (Å²) in [6.07, 6.45) is 0. The van der Waals surface area contributed by atoms with Gasteiger partial charge in [0.2, 0.25) is 0 Å². The third kappa shape index (κ3) is 2.33. The molecule has 0 aliphatic heterocycles. The van der Waals surface area contributed by atoms with Crippen LogP contribution in [0.3, 0.4) is 0 Å². The average Bonchev–Trinajstić information content (AvgIpc) is 2.62. The van der Waals surface area contributed by atoms with E-state index >= 15 is 0 Å². The van der Waals surface area contributed by atoms with E-state index in [9.17, 15) is 9.18 Å². The van der Waals surface area contributed by atoms with Gasteiger partial charge < -0.3 is 9.84 Å². The van der Waals surface area contributed by atoms with Gasteiger partial charge in [0.25, 0.3) is 5.91 Å². The Labute approximate surface area is 97.4 Å². The lowest BCUT2D eigenvalue weighted by Crippen LogP contribution is -2.13. The van der Waals surface area contributed by atoms with Crippen LogP contribution in [0.25, 0.3) is 0 Å². The number of carbonyl (C=O) groups excluding carboxylic acids is 1. The summed E-state index contributed by atoms with van der Waals surface area (Å²) in [5.74, 6) is -0.199. The van der Waals surface area contributed by atoms with Crippen molar-refractivity contribution < 1.29 is 13.7 Å². The van der Waals surface area contributed by atoms with Gasteiger partial charge in [0, 0.05) is 5.69 Å². The molecular weight excluding hydrogens is 223 g/mol. The van der Waals surface area contributed by atoms with Gasteiger partial charge in [-0.05, 0) is 38.1 Å². The summed E-state index contributed by atoms with van der Waals surface area (Å²) in [6.45, 7) is 3.36. The number of benzene rings is 1. The minimum Gasteiger partial charge on any atom is -0.361 e. The number of nitrogens with one attached hydrogen (secondary N) is 1. The molecule has 1 N–H and O–H groups in total. The number of halogens is 1. The smallest absolute Gasteiger partial charge is 0.261 e. The molecule has 0 unspecified atom stereocenters. The second-order valence-electron chi connectivity index (χ2n) is 3.66. The van der Waals surface area contributed by atoms with E-state index in [0.717, 1.165) is 0 Å². The molecule has 0 bridgehead atoms. The molecule has 1 aromatic heterocycles. The van der Waals surface area contributed by atoms with E-state index in [2.05, 4.69) is 10.5 Å². The van der Waals surface area contributed by atoms with Crippen molar-refractivity contribution in [3.63, 3.8) is 0 Å². The number of aromatic nitrogens is 1. The SMILES string of the molecule is Cc1noc(C)c1C(=O)Nc1ccc(F)cc1. The Kier molecular flexibility index (Phi) is 2.91. The Morgan fingerprint density at radius 1 is 1.29 bits per heavy atom. The van der Waals surface area contributed by atoms with Crippen LogP contribution >= 0.6 is 0 Å². The zero-order valence-electron chi connectivity index (χ0n) is 9.45. The molecule has 1 aromatic carbocycles. The monoisotopic (exact) mass is 234 g/mol. The highest BCUT2D eigenvalue weighted by Crippen LogP contribution is 2.15. The predicted molar refractivity (Wildman–Crippen MR) is 60.3 cm³/mol. The van der Waals surface area contributed by atoms with Crippen molar-refractivity contribution in [2.45, 2.75) is 13.8 Å². The van der Waals surface area contributed by atoms with Gasteiger partial charge in [-0.15, -0.1) is 0 Å². The largest absolute Gasteiger partial charge is 0.361 e. The van der Waals surface area contributed by atoms with Crippen LogP contribution in [0, 0.1) is 19.7 Å². The molecule has 1 amide bonds. The van der Waals surface area contributed by atoms with Crippen LogP contribution in [-0.2, 0) is 0 Å². The number of aryl methyl sites for hydroxylation is 2. The summed E-state index contributed by atoms with van der Waals surface area (Å²) < 4.78 is 17.6. The van der Waals surface area contributed by atoms with Crippen LogP contribution in [0.1, 0.15) is 21.8 Å². The maximum absolute atomic E-state index is 12.7. The highest BCUT2D eigenvalue weighted by atomic mass is 19.1. The average molecular weight is 234 g/mol. The molecule has 0 aliphatic rings. The maximum atomic E-state index is 12.7. The minimum atomic E-state index is -0.347. The Morgan fingerprint density at radius 2 is 1.94 bits per heavy atom. The predicted octanol–water partition coefficient (Wildman–Crippen LogP) is 2.68. The molecule has 0 saturated carbocycles. The number of hydrogen-bond donors (Lipinski definition) is 1. The fraction of sp³-hybridized carbons (Fsp3) is 0.167. The lowest BCUT2D eigenvalue weighted by atomic mass is 10.2. The van der Waals surface area contributed by atoms with E-state index in [1.165, 1.54) is 24.3 Å². The Morgan fingerprint density at radius 3 is 2.47 bits per heavy atom. The number of nitrogens with zero attached hydrogens (tertiary/aromatic N) is 1. The molecule has 0 fully saturated rings. The van der Waals surface area contributed by atoms with Crippen LogP contribution in [-0.4, -0.2) is 11.1 Å². The van der Waals surface area contributed by atoms with Gasteiger partial charge in [-0.3, -0.25) is 4.79 Å². The highest BCUT2D eigenvalue weighted by Gasteiger charge is 2.17. The van der Waals surface area contributed by atoms with Gasteiger partial charge in [0.1, 0.15) is 17.1 Å². The summed E-state index contributed by atoms with van der Waals surface area (Å²) >= 11 is 0. The third-order valence-corrected chi connectivity index (χ3v) is 2.36. The first-order valence-corrected chi connectivity index (χ1v) is 5.07. The quantitative estimate of drug-likeness (QED) is 0.869. The Hall–Kier alpha value is -2.17. The summed E-state index contributed by atoms with van der Waals surface area (Å²) in [5.41, 5.74) is 1.47. The number of anilines is 1. The van der Waals surface area contributed by atoms with E-state index < -0.39 is 0 Å². The first-order chi connectivity index (χ1) is 8.08. The normalized spacial score (nSPS) is 10.3. The molecule has 0 aliphatic carbocycles. The molecule has 5 heteroatoms. The molecule has 2 aromatic rings. The molecule has 17 heavy (non-hydrogen) atoms. The summed E-state index contributed by atoms with van der Waals surface area (Å²) in [4.78, 5) is 11.9. The highest BCUT2D eigenvalue weighted by molar-refractivity contribution is 6.05. The number of rotatable bonds is 2. The van der Waals surface area contributed by atoms with Crippen molar-refractivity contribution in [3.05, 3.63) is 47.1 Å². The zero-order valence-corrected chi connectivity index (χ0v) is 9.45. The molecule has 4 nitrogen and oxygen atoms in total. The Bertz CT molecular complexity index is 527. The maximum Gasteiger partial charge on any atom is 0.261 e. The summed E-state index contributed by atoms with van der Waals surface area (Å²) in [7, 11) is 0. The minimum absolute atomic E-state index is 0.312. The van der Waals surface area contributed by atoms with E-state index in [1.807, 2.05) is 0 Å². The van der Waals surface area contributed by atoms with Crippen LogP contribution in [0.4, 0.5) is 10.1 Å². The number of carbonyl (C=O) groups is 1. The van der Waals surface area contributed by atoms with Gasteiger partial charge in [0.05, 0.1) is 5.69 Å².